The fourth-order valence-electron chi connectivity index (χ4n) is 5.24. The fraction of sp³-hybridized carbons (Fsp3) is 0.321. The van der Waals surface area contributed by atoms with Gasteiger partial charge >= 0.3 is 0 Å². The van der Waals surface area contributed by atoms with Crippen LogP contribution in [0.5, 0.6) is 5.75 Å². The van der Waals surface area contributed by atoms with Gasteiger partial charge in [-0.25, -0.2) is 4.39 Å². The van der Waals surface area contributed by atoms with Gasteiger partial charge in [-0.1, -0.05) is 42.5 Å². The summed E-state index contributed by atoms with van der Waals surface area (Å²) in [4.78, 5) is 17.8. The Balaban J connectivity index is 1.32. The van der Waals surface area contributed by atoms with Gasteiger partial charge < -0.3 is 19.9 Å². The standard InChI is InChI=1S/C28H30FN3O2/c1-34-22-12-10-20(11-13-22)14-15-30-28(33)23-18-21-6-2-4-8-25(21)32-17-16-31(19-27(23)32)26-9-5-3-7-24(26)29/h2-13,23,27H,14-19H2,1H3,(H,30,33)/t23-,27-/m0/s1. The molecule has 2 heterocycles. The van der Waals surface area contributed by atoms with Gasteiger partial charge in [0.15, 0.2) is 0 Å². The maximum Gasteiger partial charge on any atom is 0.225 e. The van der Waals surface area contributed by atoms with Gasteiger partial charge in [-0.2, -0.15) is 0 Å². The smallest absolute Gasteiger partial charge is 0.225 e. The van der Waals surface area contributed by atoms with E-state index in [0.717, 1.165) is 30.8 Å². The quantitative estimate of drug-likeness (QED) is 0.604. The van der Waals surface area contributed by atoms with Crippen LogP contribution in [0.25, 0.3) is 0 Å². The predicted molar refractivity (Wildman–Crippen MR) is 133 cm³/mol. The van der Waals surface area contributed by atoms with E-state index in [0.29, 0.717) is 25.2 Å². The lowest BCUT2D eigenvalue weighted by Gasteiger charge is -2.49. The van der Waals surface area contributed by atoms with E-state index in [9.17, 15) is 9.18 Å². The zero-order valence-corrected chi connectivity index (χ0v) is 19.4. The largest absolute Gasteiger partial charge is 0.497 e. The molecule has 0 radical (unpaired) electrons. The van der Waals surface area contributed by atoms with Crippen molar-refractivity contribution in [2.24, 2.45) is 5.92 Å². The minimum atomic E-state index is -0.215. The van der Waals surface area contributed by atoms with Crippen LogP contribution >= 0.6 is 0 Å². The summed E-state index contributed by atoms with van der Waals surface area (Å²) >= 11 is 0. The average Bonchev–Trinajstić information content (AvgIpc) is 2.88. The average molecular weight is 460 g/mol. The van der Waals surface area contributed by atoms with Crippen molar-refractivity contribution in [3.8, 4) is 5.75 Å². The van der Waals surface area contributed by atoms with Crippen LogP contribution < -0.4 is 19.9 Å². The number of para-hydroxylation sites is 2. The van der Waals surface area contributed by atoms with Crippen LogP contribution in [0.2, 0.25) is 0 Å². The summed E-state index contributed by atoms with van der Waals surface area (Å²) in [5, 5.41) is 3.17. The number of amides is 1. The topological polar surface area (TPSA) is 44.8 Å². The first-order valence-corrected chi connectivity index (χ1v) is 11.9. The highest BCUT2D eigenvalue weighted by Crippen LogP contribution is 2.37. The van der Waals surface area contributed by atoms with Crippen molar-refractivity contribution >= 4 is 17.3 Å². The molecule has 0 unspecified atom stereocenters. The molecule has 0 aromatic heterocycles. The lowest BCUT2D eigenvalue weighted by atomic mass is 9.83. The number of ether oxygens (including phenoxy) is 1. The molecule has 5 nitrogen and oxygen atoms in total. The Hall–Kier alpha value is -3.54. The number of anilines is 2. The summed E-state index contributed by atoms with van der Waals surface area (Å²) in [5.74, 6) is 0.479. The summed E-state index contributed by atoms with van der Waals surface area (Å²) < 4.78 is 19.7. The van der Waals surface area contributed by atoms with E-state index < -0.39 is 0 Å². The molecule has 6 heteroatoms. The van der Waals surface area contributed by atoms with Crippen LogP contribution in [0, 0.1) is 11.7 Å². The third kappa shape index (κ3) is 4.45. The Labute approximate surface area is 200 Å². The molecule has 2 aliphatic rings. The highest BCUT2D eigenvalue weighted by molar-refractivity contribution is 5.82. The molecule has 0 aliphatic carbocycles. The third-order valence-corrected chi connectivity index (χ3v) is 7.03. The van der Waals surface area contributed by atoms with E-state index in [1.165, 1.54) is 17.3 Å². The molecule has 0 saturated carbocycles. The summed E-state index contributed by atoms with van der Waals surface area (Å²) in [7, 11) is 1.65. The number of rotatable bonds is 6. The number of nitrogens with zero attached hydrogens (tertiary/aromatic N) is 2. The van der Waals surface area contributed by atoms with Gasteiger partial charge in [0.2, 0.25) is 5.91 Å². The number of piperazine rings is 1. The second kappa shape index (κ2) is 9.75. The molecule has 34 heavy (non-hydrogen) atoms. The minimum Gasteiger partial charge on any atom is -0.497 e. The molecule has 1 fully saturated rings. The third-order valence-electron chi connectivity index (χ3n) is 7.03. The second-order valence-electron chi connectivity index (χ2n) is 8.99. The van der Waals surface area contributed by atoms with Gasteiger partial charge in [0.05, 0.1) is 24.8 Å². The first kappa shape index (κ1) is 22.3. The maximum absolute atomic E-state index is 14.5. The molecule has 5 rings (SSSR count). The SMILES string of the molecule is COc1ccc(CCNC(=O)[C@H]2Cc3ccccc3N3CCN(c4ccccc4F)C[C@@H]23)cc1. The van der Waals surface area contributed by atoms with Crippen molar-refractivity contribution in [1.29, 1.82) is 0 Å². The molecule has 3 aromatic carbocycles. The molecule has 1 N–H and O–H groups in total. The molecule has 2 atom stereocenters. The van der Waals surface area contributed by atoms with E-state index in [2.05, 4.69) is 27.2 Å². The van der Waals surface area contributed by atoms with Crippen LogP contribution in [0.3, 0.4) is 0 Å². The van der Waals surface area contributed by atoms with Crippen LogP contribution in [0.1, 0.15) is 11.1 Å². The molecule has 0 spiro atoms. The van der Waals surface area contributed by atoms with Gasteiger partial charge in [0.1, 0.15) is 11.6 Å². The van der Waals surface area contributed by atoms with E-state index in [-0.39, 0.29) is 23.7 Å². The second-order valence-corrected chi connectivity index (χ2v) is 8.99. The molecule has 176 valence electrons. The molecule has 1 amide bonds. The summed E-state index contributed by atoms with van der Waals surface area (Å²) in [6, 6.07) is 23.2. The Morgan fingerprint density at radius 2 is 1.74 bits per heavy atom. The number of nitrogens with one attached hydrogen (secondary N) is 1. The van der Waals surface area contributed by atoms with Crippen molar-refractivity contribution in [1.82, 2.24) is 5.32 Å². The van der Waals surface area contributed by atoms with Crippen LogP contribution in [0.4, 0.5) is 15.8 Å². The lowest BCUT2D eigenvalue weighted by Crippen LogP contribution is -2.61. The van der Waals surface area contributed by atoms with Crippen molar-refractivity contribution < 1.29 is 13.9 Å². The van der Waals surface area contributed by atoms with E-state index in [1.54, 1.807) is 13.2 Å². The van der Waals surface area contributed by atoms with Crippen molar-refractivity contribution in [3.05, 3.63) is 89.7 Å². The molecular formula is C28H30FN3O2. The van der Waals surface area contributed by atoms with Crippen molar-refractivity contribution in [3.63, 3.8) is 0 Å². The maximum atomic E-state index is 14.5. The van der Waals surface area contributed by atoms with Crippen LogP contribution in [0.15, 0.2) is 72.8 Å². The Morgan fingerprint density at radius 3 is 2.50 bits per heavy atom. The monoisotopic (exact) mass is 459 g/mol. The summed E-state index contributed by atoms with van der Waals surface area (Å²) in [6.45, 7) is 2.67. The fourth-order valence-corrected chi connectivity index (χ4v) is 5.24. The van der Waals surface area contributed by atoms with Gasteiger partial charge in [-0.3, -0.25) is 4.79 Å². The highest BCUT2D eigenvalue weighted by Gasteiger charge is 2.41. The number of carbonyl (C=O) groups is 1. The summed E-state index contributed by atoms with van der Waals surface area (Å²) in [5.41, 5.74) is 4.16. The number of benzene rings is 3. The highest BCUT2D eigenvalue weighted by atomic mass is 19.1. The number of carbonyl (C=O) groups excluding carboxylic acids is 1. The Bertz CT molecular complexity index is 1150. The molecule has 2 aliphatic heterocycles. The minimum absolute atomic E-state index is 0.00996. The van der Waals surface area contributed by atoms with Crippen LogP contribution in [-0.4, -0.2) is 45.2 Å². The first-order valence-electron chi connectivity index (χ1n) is 11.9. The normalized spacial score (nSPS) is 19.2. The van der Waals surface area contributed by atoms with Gasteiger partial charge in [0, 0.05) is 31.9 Å². The molecule has 0 bridgehead atoms. The Morgan fingerprint density at radius 1 is 1.00 bits per heavy atom. The number of methoxy groups -OCH3 is 1. The zero-order chi connectivity index (χ0) is 23.5. The van der Waals surface area contributed by atoms with Gasteiger partial charge in [0.25, 0.3) is 0 Å². The van der Waals surface area contributed by atoms with E-state index in [4.69, 9.17) is 4.74 Å². The van der Waals surface area contributed by atoms with Gasteiger partial charge in [-0.15, -0.1) is 0 Å². The molecule has 3 aromatic rings. The summed E-state index contributed by atoms with van der Waals surface area (Å²) in [6.07, 6.45) is 1.45. The first-order chi connectivity index (χ1) is 16.6. The zero-order valence-electron chi connectivity index (χ0n) is 19.4. The number of fused-ring (bicyclic) bond motifs is 3. The molecule has 1 saturated heterocycles. The number of hydrogen-bond acceptors (Lipinski definition) is 4. The van der Waals surface area contributed by atoms with Crippen molar-refractivity contribution in [2.75, 3.05) is 43.1 Å². The van der Waals surface area contributed by atoms with E-state index in [1.807, 2.05) is 48.5 Å². The predicted octanol–water partition coefficient (Wildman–Crippen LogP) is 4.06. The number of halogens is 1. The van der Waals surface area contributed by atoms with Gasteiger partial charge in [-0.05, 0) is 54.3 Å². The van der Waals surface area contributed by atoms with Crippen molar-refractivity contribution in [2.45, 2.75) is 18.9 Å². The lowest BCUT2D eigenvalue weighted by molar-refractivity contribution is -0.125. The van der Waals surface area contributed by atoms with Crippen LogP contribution in [-0.2, 0) is 17.6 Å². The van der Waals surface area contributed by atoms with E-state index >= 15 is 0 Å². The molecular weight excluding hydrogens is 429 g/mol. The Kier molecular flexibility index (Phi) is 6.39. The number of hydrogen-bond donors (Lipinski definition) is 1.